The Morgan fingerprint density at radius 3 is 2.41 bits per heavy atom. The first kappa shape index (κ1) is 12.8. The summed E-state index contributed by atoms with van der Waals surface area (Å²) in [6.07, 6.45) is 9.43. The van der Waals surface area contributed by atoms with E-state index >= 15 is 0 Å². The smallest absolute Gasteiger partial charge is 0.202 e. The molecule has 0 aliphatic heterocycles. The van der Waals surface area contributed by atoms with Crippen LogP contribution in [0.1, 0.15) is 70.5 Å². The van der Waals surface area contributed by atoms with Gasteiger partial charge in [0.25, 0.3) is 0 Å². The molecule has 1 aliphatic rings. The van der Waals surface area contributed by atoms with Crippen LogP contribution >= 0.6 is 11.5 Å². The maximum atomic E-state index is 4.64. The minimum Gasteiger partial charge on any atom is -0.358 e. The predicted octanol–water partition coefficient (Wildman–Crippen LogP) is 4.19. The summed E-state index contributed by atoms with van der Waals surface area (Å²) in [5.41, 5.74) is 0. The van der Waals surface area contributed by atoms with Crippen LogP contribution in [0.4, 0.5) is 5.13 Å². The molecule has 1 aliphatic carbocycles. The fraction of sp³-hybridized carbons (Fsp3) is 0.846. The van der Waals surface area contributed by atoms with E-state index in [-0.39, 0.29) is 0 Å². The van der Waals surface area contributed by atoms with Crippen molar-refractivity contribution in [2.75, 3.05) is 5.32 Å². The molecule has 0 unspecified atom stereocenters. The number of nitrogens with one attached hydrogen (secondary N) is 1. The number of hydrogen-bond donors (Lipinski definition) is 1. The second kappa shape index (κ2) is 6.34. The van der Waals surface area contributed by atoms with E-state index in [4.69, 9.17) is 0 Å². The van der Waals surface area contributed by atoms with Gasteiger partial charge in [-0.05, 0) is 26.7 Å². The molecule has 3 nitrogen and oxygen atoms in total. The average molecular weight is 253 g/mol. The van der Waals surface area contributed by atoms with Crippen molar-refractivity contribution in [2.24, 2.45) is 0 Å². The van der Waals surface area contributed by atoms with Gasteiger partial charge in [0.15, 0.2) is 0 Å². The normalized spacial score (nSPS) is 19.0. The first-order chi connectivity index (χ1) is 8.25. The molecular formula is C13H23N3S. The molecule has 96 valence electrons. The van der Waals surface area contributed by atoms with E-state index in [9.17, 15) is 0 Å². The Bertz CT molecular complexity index is 327. The average Bonchev–Trinajstić information content (AvgIpc) is 2.64. The van der Waals surface area contributed by atoms with Gasteiger partial charge in [0.2, 0.25) is 5.13 Å². The Balaban J connectivity index is 1.97. The van der Waals surface area contributed by atoms with Crippen molar-refractivity contribution < 1.29 is 0 Å². The third kappa shape index (κ3) is 3.95. The Morgan fingerprint density at radius 1 is 1.12 bits per heavy atom. The van der Waals surface area contributed by atoms with Gasteiger partial charge in [-0.25, -0.2) is 4.98 Å². The van der Waals surface area contributed by atoms with Crippen LogP contribution < -0.4 is 5.32 Å². The van der Waals surface area contributed by atoms with Gasteiger partial charge in [0.05, 0.1) is 0 Å². The molecule has 0 aromatic carbocycles. The lowest BCUT2D eigenvalue weighted by Crippen LogP contribution is -2.10. The fourth-order valence-electron chi connectivity index (χ4n) is 2.42. The highest BCUT2D eigenvalue weighted by atomic mass is 32.1. The molecule has 4 heteroatoms. The van der Waals surface area contributed by atoms with Gasteiger partial charge < -0.3 is 5.32 Å². The molecule has 0 bridgehead atoms. The summed E-state index contributed by atoms with van der Waals surface area (Å²) in [6.45, 7) is 4.27. The van der Waals surface area contributed by atoms with Crippen LogP contribution in [0.2, 0.25) is 0 Å². The van der Waals surface area contributed by atoms with E-state index in [0.29, 0.717) is 12.0 Å². The van der Waals surface area contributed by atoms with Crippen LogP contribution in [0, 0.1) is 0 Å². The minimum absolute atomic E-state index is 0.438. The molecule has 1 heterocycles. The lowest BCUT2D eigenvalue weighted by Gasteiger charge is -2.16. The van der Waals surface area contributed by atoms with Crippen molar-refractivity contribution in [1.29, 1.82) is 0 Å². The molecule has 0 saturated heterocycles. The second-order valence-corrected chi connectivity index (χ2v) is 6.05. The van der Waals surface area contributed by atoms with Gasteiger partial charge in [-0.3, -0.25) is 0 Å². The third-order valence-corrected chi connectivity index (χ3v) is 3.98. The van der Waals surface area contributed by atoms with E-state index in [2.05, 4.69) is 28.5 Å². The summed E-state index contributed by atoms with van der Waals surface area (Å²) in [4.78, 5) is 4.64. The molecule has 17 heavy (non-hydrogen) atoms. The number of anilines is 1. The van der Waals surface area contributed by atoms with E-state index < -0.39 is 0 Å². The first-order valence-electron chi connectivity index (χ1n) is 6.86. The molecule has 1 aromatic heterocycles. The monoisotopic (exact) mass is 253 g/mol. The molecule has 0 atom stereocenters. The number of rotatable bonds is 3. The van der Waals surface area contributed by atoms with Crippen molar-refractivity contribution in [3.05, 3.63) is 5.82 Å². The lowest BCUT2D eigenvalue weighted by molar-refractivity contribution is 0.445. The third-order valence-electron chi connectivity index (χ3n) is 3.32. The zero-order valence-corrected chi connectivity index (χ0v) is 11.7. The van der Waals surface area contributed by atoms with Crippen molar-refractivity contribution in [1.82, 2.24) is 9.36 Å². The summed E-state index contributed by atoms with van der Waals surface area (Å²) >= 11 is 1.51. The first-order valence-corrected chi connectivity index (χ1v) is 7.63. The summed E-state index contributed by atoms with van der Waals surface area (Å²) in [5.74, 6) is 1.69. The molecule has 1 fully saturated rings. The standard InChI is InChI=1S/C13H23N3S/c1-10(2)14-13-15-12(16-17-13)11-8-6-4-3-5-7-9-11/h10-11H,3-9H2,1-2H3,(H,14,15,16). The van der Waals surface area contributed by atoms with Crippen molar-refractivity contribution in [2.45, 2.75) is 70.8 Å². The zero-order valence-electron chi connectivity index (χ0n) is 10.9. The molecule has 1 aromatic rings. The van der Waals surface area contributed by atoms with Gasteiger partial charge >= 0.3 is 0 Å². The summed E-state index contributed by atoms with van der Waals surface area (Å²) in [7, 11) is 0. The van der Waals surface area contributed by atoms with Crippen LogP contribution in [0.25, 0.3) is 0 Å². The van der Waals surface area contributed by atoms with Crippen LogP contribution in [0.15, 0.2) is 0 Å². The largest absolute Gasteiger partial charge is 0.358 e. The number of hydrogen-bond acceptors (Lipinski definition) is 4. The Hall–Kier alpha value is -0.640. The van der Waals surface area contributed by atoms with Gasteiger partial charge in [-0.15, -0.1) is 0 Å². The van der Waals surface area contributed by atoms with E-state index in [1.54, 1.807) is 0 Å². The Morgan fingerprint density at radius 2 is 1.76 bits per heavy atom. The molecule has 0 spiro atoms. The summed E-state index contributed by atoms with van der Waals surface area (Å²) < 4.78 is 4.53. The van der Waals surface area contributed by atoms with Gasteiger partial charge in [0, 0.05) is 23.5 Å². The predicted molar refractivity (Wildman–Crippen MR) is 73.7 cm³/mol. The topological polar surface area (TPSA) is 37.8 Å². The van der Waals surface area contributed by atoms with Crippen molar-refractivity contribution in [3.8, 4) is 0 Å². The van der Waals surface area contributed by atoms with Crippen molar-refractivity contribution in [3.63, 3.8) is 0 Å². The quantitative estimate of drug-likeness (QED) is 0.878. The molecule has 0 radical (unpaired) electrons. The van der Waals surface area contributed by atoms with Crippen molar-refractivity contribution >= 4 is 16.7 Å². The maximum Gasteiger partial charge on any atom is 0.202 e. The highest BCUT2D eigenvalue weighted by Gasteiger charge is 2.18. The molecule has 2 rings (SSSR count). The van der Waals surface area contributed by atoms with E-state index in [1.807, 2.05) is 0 Å². The van der Waals surface area contributed by atoms with E-state index in [0.717, 1.165) is 11.0 Å². The molecule has 1 saturated carbocycles. The molecule has 0 amide bonds. The van der Waals surface area contributed by atoms with E-state index in [1.165, 1.54) is 56.5 Å². The second-order valence-electron chi connectivity index (χ2n) is 5.30. The minimum atomic E-state index is 0.438. The SMILES string of the molecule is CC(C)Nc1nc(C2CCCCCCC2)ns1. The molecular weight excluding hydrogens is 230 g/mol. The maximum absolute atomic E-state index is 4.64. The lowest BCUT2D eigenvalue weighted by atomic mass is 9.91. The van der Waals surface area contributed by atoms with Gasteiger partial charge in [0.1, 0.15) is 5.82 Å². The number of aromatic nitrogens is 2. The highest BCUT2D eigenvalue weighted by molar-refractivity contribution is 7.09. The molecule has 1 N–H and O–H groups in total. The number of nitrogens with zero attached hydrogens (tertiary/aromatic N) is 2. The van der Waals surface area contributed by atoms with Gasteiger partial charge in [-0.2, -0.15) is 4.37 Å². The summed E-state index contributed by atoms with van der Waals surface area (Å²) in [5, 5.41) is 4.32. The van der Waals surface area contributed by atoms with Crippen LogP contribution in [0.5, 0.6) is 0 Å². The Labute approximate surface area is 108 Å². The van der Waals surface area contributed by atoms with Crippen LogP contribution in [-0.2, 0) is 0 Å². The van der Waals surface area contributed by atoms with Gasteiger partial charge in [-0.1, -0.05) is 32.1 Å². The fourth-order valence-corrected chi connectivity index (χ4v) is 3.21. The van der Waals surface area contributed by atoms with Crippen LogP contribution in [0.3, 0.4) is 0 Å². The van der Waals surface area contributed by atoms with Crippen LogP contribution in [-0.4, -0.2) is 15.4 Å². The summed E-state index contributed by atoms with van der Waals surface area (Å²) in [6, 6.07) is 0.438. The Kier molecular flexibility index (Phi) is 4.77. The zero-order chi connectivity index (χ0) is 12.1. The highest BCUT2D eigenvalue weighted by Crippen LogP contribution is 2.30.